The highest BCUT2D eigenvalue weighted by molar-refractivity contribution is 6.10. The topological polar surface area (TPSA) is 81.8 Å². The number of urea groups is 1. The molecule has 158 valence electrons. The fourth-order valence-electron chi connectivity index (χ4n) is 4.64. The molecule has 0 bridgehead atoms. The lowest BCUT2D eigenvalue weighted by atomic mass is 9.97. The van der Waals surface area contributed by atoms with Crippen molar-refractivity contribution in [3.05, 3.63) is 35.6 Å². The first kappa shape index (κ1) is 21.5. The quantitative estimate of drug-likeness (QED) is 0.727. The maximum Gasteiger partial charge on any atom is 0.325 e. The van der Waals surface area contributed by atoms with E-state index in [-0.39, 0.29) is 36.1 Å². The summed E-state index contributed by atoms with van der Waals surface area (Å²) in [6.07, 6.45) is 3.02. The first-order valence-corrected chi connectivity index (χ1v) is 9.85. The van der Waals surface area contributed by atoms with Crippen molar-refractivity contribution >= 4 is 30.3 Å². The Hall–Kier alpha value is -2.19. The molecule has 3 fully saturated rings. The van der Waals surface area contributed by atoms with Crippen LogP contribution in [0, 0.1) is 5.82 Å². The summed E-state index contributed by atoms with van der Waals surface area (Å²) in [6.45, 7) is 3.12. The number of rotatable bonds is 3. The van der Waals surface area contributed by atoms with E-state index in [0.717, 1.165) is 17.7 Å². The molecule has 2 saturated heterocycles. The molecule has 1 aliphatic carbocycles. The molecule has 2 aliphatic heterocycles. The van der Waals surface area contributed by atoms with Crippen LogP contribution < -0.4 is 10.6 Å². The summed E-state index contributed by atoms with van der Waals surface area (Å²) >= 11 is 0. The standard InChI is InChI=1S/C20H25FN4O3.ClH/c1-13(25-18(27)20(23-19(25)28)7-2-3-8-20)17(26)24-10-9-22-12-16(24)14-5-4-6-15(21)11-14;/h4-6,11,13,16,22H,2-3,7-10,12H2,1H3,(H,23,28);1H. The molecular weight excluding hydrogens is 399 g/mol. The average Bonchev–Trinajstić information content (AvgIpc) is 3.25. The number of nitrogens with zero attached hydrogens (tertiary/aromatic N) is 2. The third-order valence-electron chi connectivity index (χ3n) is 6.15. The zero-order valence-electron chi connectivity index (χ0n) is 16.3. The Bertz CT molecular complexity index is 815. The summed E-state index contributed by atoms with van der Waals surface area (Å²) < 4.78 is 13.7. The van der Waals surface area contributed by atoms with Crippen LogP contribution in [0.5, 0.6) is 0 Å². The summed E-state index contributed by atoms with van der Waals surface area (Å²) in [6, 6.07) is 4.44. The number of halogens is 2. The van der Waals surface area contributed by atoms with E-state index in [1.807, 2.05) is 0 Å². The van der Waals surface area contributed by atoms with Crippen molar-refractivity contribution in [1.29, 1.82) is 0 Å². The Morgan fingerprint density at radius 1 is 1.28 bits per heavy atom. The molecule has 2 unspecified atom stereocenters. The molecule has 1 spiro atoms. The molecule has 2 atom stereocenters. The van der Waals surface area contributed by atoms with Crippen LogP contribution in [0.4, 0.5) is 9.18 Å². The largest absolute Gasteiger partial charge is 0.331 e. The van der Waals surface area contributed by atoms with E-state index < -0.39 is 17.6 Å². The summed E-state index contributed by atoms with van der Waals surface area (Å²) in [5.74, 6) is -0.955. The smallest absolute Gasteiger partial charge is 0.325 e. The molecule has 29 heavy (non-hydrogen) atoms. The zero-order valence-corrected chi connectivity index (χ0v) is 17.1. The molecule has 1 aromatic carbocycles. The highest BCUT2D eigenvalue weighted by atomic mass is 35.5. The van der Waals surface area contributed by atoms with Crippen LogP contribution in [0.1, 0.15) is 44.2 Å². The van der Waals surface area contributed by atoms with Crippen molar-refractivity contribution in [2.75, 3.05) is 19.6 Å². The number of carbonyl (C=O) groups excluding carboxylic acids is 3. The molecule has 4 amide bonds. The van der Waals surface area contributed by atoms with Gasteiger partial charge in [0.15, 0.2) is 0 Å². The van der Waals surface area contributed by atoms with Crippen molar-refractivity contribution in [3.8, 4) is 0 Å². The van der Waals surface area contributed by atoms with Gasteiger partial charge in [-0.3, -0.25) is 9.59 Å². The van der Waals surface area contributed by atoms with Crippen LogP contribution in [-0.4, -0.2) is 58.9 Å². The lowest BCUT2D eigenvalue weighted by Gasteiger charge is -2.39. The SMILES string of the molecule is CC(C(=O)N1CCNCC1c1cccc(F)c1)N1C(=O)NC2(CCCC2)C1=O.Cl. The molecule has 1 aromatic rings. The molecule has 2 N–H and O–H groups in total. The van der Waals surface area contributed by atoms with Crippen molar-refractivity contribution in [1.82, 2.24) is 20.4 Å². The molecule has 1 saturated carbocycles. The first-order chi connectivity index (χ1) is 13.4. The number of piperazine rings is 1. The Kier molecular flexibility index (Phi) is 6.14. The Morgan fingerprint density at radius 2 is 2.00 bits per heavy atom. The van der Waals surface area contributed by atoms with Crippen LogP contribution >= 0.6 is 12.4 Å². The normalized spacial score (nSPS) is 24.4. The van der Waals surface area contributed by atoms with Crippen molar-refractivity contribution < 1.29 is 18.8 Å². The predicted octanol–water partition coefficient (Wildman–Crippen LogP) is 1.97. The van der Waals surface area contributed by atoms with Gasteiger partial charge in [0.05, 0.1) is 6.04 Å². The van der Waals surface area contributed by atoms with Gasteiger partial charge in [-0.1, -0.05) is 25.0 Å². The van der Waals surface area contributed by atoms with Gasteiger partial charge in [-0.05, 0) is 37.5 Å². The van der Waals surface area contributed by atoms with Gasteiger partial charge in [-0.25, -0.2) is 14.1 Å². The number of carbonyl (C=O) groups is 3. The van der Waals surface area contributed by atoms with Crippen molar-refractivity contribution in [2.45, 2.75) is 50.2 Å². The second kappa shape index (κ2) is 8.28. The van der Waals surface area contributed by atoms with E-state index in [0.29, 0.717) is 38.0 Å². The van der Waals surface area contributed by atoms with Gasteiger partial charge in [0.1, 0.15) is 17.4 Å². The molecule has 2 heterocycles. The van der Waals surface area contributed by atoms with Gasteiger partial charge in [0.2, 0.25) is 5.91 Å². The Labute approximate surface area is 175 Å². The summed E-state index contributed by atoms with van der Waals surface area (Å²) in [7, 11) is 0. The van der Waals surface area contributed by atoms with Crippen LogP contribution in [0.15, 0.2) is 24.3 Å². The van der Waals surface area contributed by atoms with E-state index in [4.69, 9.17) is 0 Å². The number of nitrogens with one attached hydrogen (secondary N) is 2. The number of amides is 4. The second-order valence-electron chi connectivity index (χ2n) is 7.88. The summed E-state index contributed by atoms with van der Waals surface area (Å²) in [4.78, 5) is 41.5. The number of imide groups is 1. The molecule has 9 heteroatoms. The molecule has 3 aliphatic rings. The molecule has 7 nitrogen and oxygen atoms in total. The Balaban J connectivity index is 0.00000240. The van der Waals surface area contributed by atoms with E-state index in [1.165, 1.54) is 12.1 Å². The van der Waals surface area contributed by atoms with Crippen LogP contribution in [0.25, 0.3) is 0 Å². The lowest BCUT2D eigenvalue weighted by Crippen LogP contribution is -2.56. The minimum absolute atomic E-state index is 0. The molecule has 0 radical (unpaired) electrons. The van der Waals surface area contributed by atoms with Crippen molar-refractivity contribution in [3.63, 3.8) is 0 Å². The van der Waals surface area contributed by atoms with Gasteiger partial charge in [-0.2, -0.15) is 0 Å². The minimum Gasteiger partial charge on any atom is -0.331 e. The monoisotopic (exact) mass is 424 g/mol. The summed E-state index contributed by atoms with van der Waals surface area (Å²) in [5, 5.41) is 6.05. The van der Waals surface area contributed by atoms with Gasteiger partial charge >= 0.3 is 6.03 Å². The maximum atomic E-state index is 13.7. The maximum absolute atomic E-state index is 13.7. The third-order valence-corrected chi connectivity index (χ3v) is 6.15. The predicted molar refractivity (Wildman–Crippen MR) is 107 cm³/mol. The molecular formula is C20H26ClFN4O3. The fraction of sp³-hybridized carbons (Fsp3) is 0.550. The second-order valence-corrected chi connectivity index (χ2v) is 7.88. The molecule has 4 rings (SSSR count). The lowest BCUT2D eigenvalue weighted by molar-refractivity contribution is -0.145. The van der Waals surface area contributed by atoms with E-state index in [9.17, 15) is 18.8 Å². The van der Waals surface area contributed by atoms with E-state index in [1.54, 1.807) is 24.0 Å². The average molecular weight is 425 g/mol. The zero-order chi connectivity index (χ0) is 19.9. The fourth-order valence-corrected chi connectivity index (χ4v) is 4.64. The van der Waals surface area contributed by atoms with Crippen LogP contribution in [0.2, 0.25) is 0 Å². The number of hydrogen-bond acceptors (Lipinski definition) is 4. The first-order valence-electron chi connectivity index (χ1n) is 9.85. The van der Waals surface area contributed by atoms with Gasteiger partial charge < -0.3 is 15.5 Å². The van der Waals surface area contributed by atoms with E-state index in [2.05, 4.69) is 10.6 Å². The minimum atomic E-state index is -0.901. The Morgan fingerprint density at radius 3 is 2.69 bits per heavy atom. The summed E-state index contributed by atoms with van der Waals surface area (Å²) in [5.41, 5.74) is -0.144. The van der Waals surface area contributed by atoms with Crippen molar-refractivity contribution in [2.24, 2.45) is 0 Å². The highest BCUT2D eigenvalue weighted by Gasteiger charge is 2.55. The number of hydrogen-bond donors (Lipinski definition) is 2. The van der Waals surface area contributed by atoms with Crippen LogP contribution in [0.3, 0.4) is 0 Å². The van der Waals surface area contributed by atoms with Gasteiger partial charge in [0.25, 0.3) is 5.91 Å². The van der Waals surface area contributed by atoms with E-state index >= 15 is 0 Å². The number of benzene rings is 1. The van der Waals surface area contributed by atoms with Gasteiger partial charge in [-0.15, -0.1) is 12.4 Å². The van der Waals surface area contributed by atoms with Crippen LogP contribution in [-0.2, 0) is 9.59 Å². The molecule has 0 aromatic heterocycles. The van der Waals surface area contributed by atoms with Gasteiger partial charge in [0, 0.05) is 19.6 Å². The third kappa shape index (κ3) is 3.71. The highest BCUT2D eigenvalue weighted by Crippen LogP contribution is 2.36.